The number of nitrogens with one attached hydrogen (secondary N) is 1. The molecule has 8 heteroatoms. The number of amides is 1. The van der Waals surface area contributed by atoms with Crippen LogP contribution in [0, 0.1) is 0 Å². The third kappa shape index (κ3) is 4.18. The Hall–Kier alpha value is -3.65. The van der Waals surface area contributed by atoms with Crippen molar-refractivity contribution in [2.24, 2.45) is 0 Å². The van der Waals surface area contributed by atoms with Crippen LogP contribution in [0.1, 0.15) is 31.8 Å². The van der Waals surface area contributed by atoms with Gasteiger partial charge in [0.1, 0.15) is 12.7 Å². The predicted molar refractivity (Wildman–Crippen MR) is 114 cm³/mol. The standard InChI is InChI=1S/C22H16BrN5O2/c23-17-9-7-15(8-10-17)20(29)18-5-1-2-6-19(18)22(30)26-12-16-4-3-11-25-21(16)28-14-24-13-27-28/h1-11,13-14H,12H2,(H,26,30). The number of nitrogens with zero attached hydrogens (tertiary/aromatic N) is 4. The molecule has 0 atom stereocenters. The van der Waals surface area contributed by atoms with Crippen molar-refractivity contribution in [1.29, 1.82) is 0 Å². The molecule has 0 unspecified atom stereocenters. The van der Waals surface area contributed by atoms with Crippen molar-refractivity contribution in [3.63, 3.8) is 0 Å². The van der Waals surface area contributed by atoms with Gasteiger partial charge in [-0.25, -0.2) is 14.6 Å². The highest BCUT2D eigenvalue weighted by atomic mass is 79.9. The van der Waals surface area contributed by atoms with Gasteiger partial charge in [0.2, 0.25) is 0 Å². The Labute approximate surface area is 180 Å². The van der Waals surface area contributed by atoms with Crippen molar-refractivity contribution in [3.8, 4) is 5.82 Å². The van der Waals surface area contributed by atoms with E-state index >= 15 is 0 Å². The van der Waals surface area contributed by atoms with Crippen LogP contribution in [0.25, 0.3) is 5.82 Å². The average Bonchev–Trinajstić information content (AvgIpc) is 3.32. The molecular weight excluding hydrogens is 446 g/mol. The van der Waals surface area contributed by atoms with Gasteiger partial charge in [-0.2, -0.15) is 5.10 Å². The molecule has 1 N–H and O–H groups in total. The number of pyridine rings is 1. The maximum absolute atomic E-state index is 12.9. The smallest absolute Gasteiger partial charge is 0.252 e. The van der Waals surface area contributed by atoms with E-state index in [1.54, 1.807) is 67.1 Å². The lowest BCUT2D eigenvalue weighted by atomic mass is 9.98. The van der Waals surface area contributed by atoms with Crippen LogP contribution in [0.5, 0.6) is 0 Å². The van der Waals surface area contributed by atoms with Crippen molar-refractivity contribution in [1.82, 2.24) is 25.1 Å². The highest BCUT2D eigenvalue weighted by Crippen LogP contribution is 2.18. The zero-order chi connectivity index (χ0) is 20.9. The van der Waals surface area contributed by atoms with Crippen LogP contribution in [0.2, 0.25) is 0 Å². The van der Waals surface area contributed by atoms with E-state index in [1.807, 2.05) is 6.07 Å². The van der Waals surface area contributed by atoms with Crippen molar-refractivity contribution in [2.45, 2.75) is 6.54 Å². The van der Waals surface area contributed by atoms with E-state index in [9.17, 15) is 9.59 Å². The Balaban J connectivity index is 1.56. The molecule has 2 heterocycles. The van der Waals surface area contributed by atoms with Crippen LogP contribution in [-0.4, -0.2) is 31.4 Å². The zero-order valence-corrected chi connectivity index (χ0v) is 17.3. The van der Waals surface area contributed by atoms with Gasteiger partial charge in [-0.1, -0.05) is 40.2 Å². The minimum atomic E-state index is -0.343. The second-order valence-corrected chi connectivity index (χ2v) is 7.31. The van der Waals surface area contributed by atoms with Gasteiger partial charge in [-0.15, -0.1) is 0 Å². The fraction of sp³-hybridized carbons (Fsp3) is 0.0455. The maximum Gasteiger partial charge on any atom is 0.252 e. The minimum absolute atomic E-state index is 0.210. The lowest BCUT2D eigenvalue weighted by Gasteiger charge is -2.11. The van der Waals surface area contributed by atoms with Crippen molar-refractivity contribution < 1.29 is 9.59 Å². The Morgan fingerprint density at radius 2 is 1.73 bits per heavy atom. The molecule has 4 aromatic rings. The molecule has 0 radical (unpaired) electrons. The molecule has 30 heavy (non-hydrogen) atoms. The molecule has 0 saturated carbocycles. The van der Waals surface area contributed by atoms with Crippen LogP contribution in [0.15, 0.2) is 84.0 Å². The fourth-order valence-corrected chi connectivity index (χ4v) is 3.26. The summed E-state index contributed by atoms with van der Waals surface area (Å²) in [4.78, 5) is 34.1. The third-order valence-corrected chi connectivity index (χ3v) is 4.99. The van der Waals surface area contributed by atoms with Gasteiger partial charge in [-0.05, 0) is 36.4 Å². The molecule has 0 saturated heterocycles. The molecule has 0 aliphatic carbocycles. The molecule has 0 fully saturated rings. The first-order chi connectivity index (χ1) is 14.6. The van der Waals surface area contributed by atoms with Crippen LogP contribution in [0.3, 0.4) is 0 Å². The monoisotopic (exact) mass is 461 g/mol. The molecule has 7 nitrogen and oxygen atoms in total. The zero-order valence-electron chi connectivity index (χ0n) is 15.7. The second kappa shape index (κ2) is 8.79. The predicted octanol–water partition coefficient (Wildman–Crippen LogP) is 3.59. The lowest BCUT2D eigenvalue weighted by Crippen LogP contribution is -2.26. The topological polar surface area (TPSA) is 89.8 Å². The number of benzene rings is 2. The van der Waals surface area contributed by atoms with Crippen molar-refractivity contribution in [2.75, 3.05) is 0 Å². The van der Waals surface area contributed by atoms with Crippen LogP contribution < -0.4 is 5.32 Å². The van der Waals surface area contributed by atoms with Crippen molar-refractivity contribution >= 4 is 27.6 Å². The summed E-state index contributed by atoms with van der Waals surface area (Å²) in [6.45, 7) is 0.225. The Morgan fingerprint density at radius 1 is 0.967 bits per heavy atom. The third-order valence-electron chi connectivity index (χ3n) is 4.47. The molecule has 0 bridgehead atoms. The number of rotatable bonds is 6. The quantitative estimate of drug-likeness (QED) is 0.443. The molecule has 2 aromatic heterocycles. The van der Waals surface area contributed by atoms with Gasteiger partial charge in [-0.3, -0.25) is 9.59 Å². The summed E-state index contributed by atoms with van der Waals surface area (Å²) in [5.74, 6) is 0.0249. The number of carbonyl (C=O) groups excluding carboxylic acids is 2. The summed E-state index contributed by atoms with van der Waals surface area (Å²) >= 11 is 3.36. The van der Waals surface area contributed by atoms with Gasteiger partial charge in [0, 0.05) is 33.9 Å². The van der Waals surface area contributed by atoms with E-state index in [2.05, 4.69) is 36.3 Å². The molecule has 4 rings (SSSR count). The van der Waals surface area contributed by atoms with Gasteiger partial charge >= 0.3 is 0 Å². The maximum atomic E-state index is 12.9. The first-order valence-corrected chi connectivity index (χ1v) is 9.89. The number of ketones is 1. The highest BCUT2D eigenvalue weighted by Gasteiger charge is 2.18. The van der Waals surface area contributed by atoms with Gasteiger partial charge in [0.05, 0.1) is 5.56 Å². The summed E-state index contributed by atoms with van der Waals surface area (Å²) in [6, 6.07) is 17.4. The molecule has 1 amide bonds. The Bertz CT molecular complexity index is 1190. The van der Waals surface area contributed by atoms with Crippen LogP contribution >= 0.6 is 15.9 Å². The normalized spacial score (nSPS) is 10.6. The van der Waals surface area contributed by atoms with E-state index in [0.717, 1.165) is 10.0 Å². The number of hydrogen-bond acceptors (Lipinski definition) is 5. The van der Waals surface area contributed by atoms with E-state index in [-0.39, 0.29) is 18.2 Å². The summed E-state index contributed by atoms with van der Waals surface area (Å²) in [6.07, 6.45) is 4.61. The average molecular weight is 462 g/mol. The SMILES string of the molecule is O=C(NCc1cccnc1-n1cncn1)c1ccccc1C(=O)c1ccc(Br)cc1. The first kappa shape index (κ1) is 19.7. The Morgan fingerprint density at radius 3 is 2.47 bits per heavy atom. The highest BCUT2D eigenvalue weighted by molar-refractivity contribution is 9.10. The fourth-order valence-electron chi connectivity index (χ4n) is 3.00. The minimum Gasteiger partial charge on any atom is -0.348 e. The van der Waals surface area contributed by atoms with E-state index < -0.39 is 0 Å². The summed E-state index contributed by atoms with van der Waals surface area (Å²) < 4.78 is 2.41. The van der Waals surface area contributed by atoms with E-state index in [0.29, 0.717) is 22.5 Å². The van der Waals surface area contributed by atoms with E-state index in [1.165, 1.54) is 11.0 Å². The molecule has 0 aliphatic heterocycles. The molecule has 0 aliphatic rings. The van der Waals surface area contributed by atoms with Crippen LogP contribution in [-0.2, 0) is 6.54 Å². The van der Waals surface area contributed by atoms with Gasteiger partial charge in [0.15, 0.2) is 11.6 Å². The van der Waals surface area contributed by atoms with E-state index in [4.69, 9.17) is 0 Å². The first-order valence-electron chi connectivity index (χ1n) is 9.10. The lowest BCUT2D eigenvalue weighted by molar-refractivity contribution is 0.0939. The van der Waals surface area contributed by atoms with Crippen molar-refractivity contribution in [3.05, 3.63) is 106 Å². The molecular formula is C22H16BrN5O2. The second-order valence-electron chi connectivity index (χ2n) is 6.39. The number of carbonyl (C=O) groups is 2. The molecule has 0 spiro atoms. The molecule has 2 aromatic carbocycles. The number of halogens is 1. The van der Waals surface area contributed by atoms with Gasteiger partial charge in [0.25, 0.3) is 5.91 Å². The largest absolute Gasteiger partial charge is 0.348 e. The van der Waals surface area contributed by atoms with Gasteiger partial charge < -0.3 is 5.32 Å². The summed E-state index contributed by atoms with van der Waals surface area (Å²) in [5.41, 5.74) is 1.95. The number of aromatic nitrogens is 4. The Kier molecular flexibility index (Phi) is 5.76. The number of hydrogen-bond donors (Lipinski definition) is 1. The molecule has 148 valence electrons. The van der Waals surface area contributed by atoms with Crippen LogP contribution in [0.4, 0.5) is 0 Å². The summed E-state index contributed by atoms with van der Waals surface area (Å²) in [5, 5.41) is 6.97. The summed E-state index contributed by atoms with van der Waals surface area (Å²) in [7, 11) is 0.